The second kappa shape index (κ2) is 3.55. The molecule has 0 amide bonds. The molecule has 0 unspecified atom stereocenters. The molecule has 0 bridgehead atoms. The highest BCUT2D eigenvalue weighted by molar-refractivity contribution is 8.13. The van der Waals surface area contributed by atoms with Crippen LogP contribution in [0, 0.1) is 0 Å². The van der Waals surface area contributed by atoms with Gasteiger partial charge in [-0.2, -0.15) is 20.3 Å². The van der Waals surface area contributed by atoms with Gasteiger partial charge in [-0.15, -0.1) is 0 Å². The van der Waals surface area contributed by atoms with Crippen molar-refractivity contribution in [2.24, 2.45) is 0 Å². The molecule has 0 aliphatic carbocycles. The Labute approximate surface area is 88.9 Å². The van der Waals surface area contributed by atoms with E-state index in [1.165, 1.54) is 12.4 Å². The summed E-state index contributed by atoms with van der Waals surface area (Å²) in [5, 5.41) is 12.7. The highest BCUT2D eigenvalue weighted by Gasteiger charge is 2.16. The molecule has 78 valence electrons. The van der Waals surface area contributed by atoms with Crippen LogP contribution in [0.3, 0.4) is 0 Å². The maximum Gasteiger partial charge on any atom is 0.296 e. The van der Waals surface area contributed by atoms with Crippen LogP contribution in [0.1, 0.15) is 0 Å². The molecule has 0 aliphatic heterocycles. The van der Waals surface area contributed by atoms with Crippen molar-refractivity contribution < 1.29 is 8.42 Å². The fraction of sp³-hybridized carbons (Fsp3) is 0. The van der Waals surface area contributed by atoms with Gasteiger partial charge in [0.2, 0.25) is 0 Å². The summed E-state index contributed by atoms with van der Waals surface area (Å²) in [5.41, 5.74) is 0.549. The van der Waals surface area contributed by atoms with Crippen LogP contribution in [-0.2, 0) is 9.05 Å². The van der Waals surface area contributed by atoms with Crippen LogP contribution in [0.2, 0.25) is 0 Å². The van der Waals surface area contributed by atoms with E-state index in [-0.39, 0.29) is 5.82 Å². The number of aromatic amines is 1. The molecule has 1 N–H and O–H groups in total. The second-order valence-corrected chi connectivity index (χ2v) is 5.01. The average Bonchev–Trinajstić information content (AvgIpc) is 2.67. The molecule has 7 nitrogen and oxygen atoms in total. The molecule has 0 atom stereocenters. The van der Waals surface area contributed by atoms with Gasteiger partial charge < -0.3 is 0 Å². The van der Waals surface area contributed by atoms with Crippen LogP contribution in [-0.4, -0.2) is 33.8 Å². The van der Waals surface area contributed by atoms with E-state index in [4.69, 9.17) is 10.7 Å². The Balaban J connectivity index is 2.46. The summed E-state index contributed by atoms with van der Waals surface area (Å²) in [5.74, 6) is 0.198. The fourth-order valence-electron chi connectivity index (χ4n) is 0.908. The van der Waals surface area contributed by atoms with Crippen LogP contribution in [0.25, 0.3) is 11.4 Å². The van der Waals surface area contributed by atoms with Crippen molar-refractivity contribution in [2.75, 3.05) is 0 Å². The number of hydrogen-bond donors (Lipinski definition) is 1. The standard InChI is InChI=1S/C6H4ClN5O2S/c7-15(13,14)6-10-5(11-12-6)4-1-2-8-9-3-4/h1-3H,(H,10,11,12). The molecule has 0 radical (unpaired) electrons. The Morgan fingerprint density at radius 1 is 1.33 bits per heavy atom. The van der Waals surface area contributed by atoms with Gasteiger partial charge in [-0.25, -0.2) is 13.5 Å². The highest BCUT2D eigenvalue weighted by atomic mass is 35.7. The van der Waals surface area contributed by atoms with Crippen LogP contribution in [0.4, 0.5) is 0 Å². The number of H-pyrrole nitrogens is 1. The Bertz CT molecular complexity index is 566. The molecule has 0 fully saturated rings. The third-order valence-electron chi connectivity index (χ3n) is 1.54. The summed E-state index contributed by atoms with van der Waals surface area (Å²) in [6, 6.07) is 1.60. The summed E-state index contributed by atoms with van der Waals surface area (Å²) >= 11 is 0. The third kappa shape index (κ3) is 2.10. The van der Waals surface area contributed by atoms with Gasteiger partial charge in [0.15, 0.2) is 5.82 Å². The first-order chi connectivity index (χ1) is 7.07. The topological polar surface area (TPSA) is 101 Å². The van der Waals surface area contributed by atoms with E-state index in [9.17, 15) is 8.42 Å². The van der Waals surface area contributed by atoms with Crippen molar-refractivity contribution >= 4 is 19.7 Å². The molecule has 2 aromatic rings. The zero-order valence-corrected chi connectivity index (χ0v) is 8.70. The van der Waals surface area contributed by atoms with E-state index in [0.29, 0.717) is 5.56 Å². The lowest BCUT2D eigenvalue weighted by Gasteiger charge is -1.89. The molecule has 0 aromatic carbocycles. The van der Waals surface area contributed by atoms with Crippen molar-refractivity contribution in [1.29, 1.82) is 0 Å². The SMILES string of the molecule is O=S(=O)(Cl)c1nc(-c2ccnnc2)n[nH]1. The fourth-order valence-corrected chi connectivity index (χ4v) is 1.47. The summed E-state index contributed by atoms with van der Waals surface area (Å²) in [6.07, 6.45) is 2.86. The van der Waals surface area contributed by atoms with Gasteiger partial charge in [-0.05, 0) is 6.07 Å². The molecular formula is C6H4ClN5O2S. The predicted octanol–water partition coefficient (Wildman–Crippen LogP) is 0.189. The Hall–Kier alpha value is -1.54. The van der Waals surface area contributed by atoms with E-state index in [2.05, 4.69) is 25.4 Å². The van der Waals surface area contributed by atoms with Gasteiger partial charge in [-0.1, -0.05) is 0 Å². The minimum atomic E-state index is -3.88. The van der Waals surface area contributed by atoms with Gasteiger partial charge in [0, 0.05) is 16.2 Å². The molecule has 0 saturated carbocycles. The highest BCUT2D eigenvalue weighted by Crippen LogP contribution is 2.15. The van der Waals surface area contributed by atoms with E-state index in [1.807, 2.05) is 0 Å². The lowest BCUT2D eigenvalue weighted by Crippen LogP contribution is -1.92. The Morgan fingerprint density at radius 3 is 2.67 bits per heavy atom. The van der Waals surface area contributed by atoms with Crippen LogP contribution < -0.4 is 0 Å². The van der Waals surface area contributed by atoms with Crippen LogP contribution >= 0.6 is 10.7 Å². The van der Waals surface area contributed by atoms with E-state index in [0.717, 1.165) is 0 Å². The molecule has 0 saturated heterocycles. The summed E-state index contributed by atoms with van der Waals surface area (Å²) < 4.78 is 21.8. The molecule has 2 heterocycles. The first kappa shape index (κ1) is 9.99. The van der Waals surface area contributed by atoms with Gasteiger partial charge in [0.1, 0.15) is 0 Å². The summed E-state index contributed by atoms with van der Waals surface area (Å²) in [6.45, 7) is 0. The van der Waals surface area contributed by atoms with E-state index in [1.54, 1.807) is 6.07 Å². The quantitative estimate of drug-likeness (QED) is 0.758. The molecule has 9 heteroatoms. The van der Waals surface area contributed by atoms with Crippen molar-refractivity contribution in [3.63, 3.8) is 0 Å². The molecule has 15 heavy (non-hydrogen) atoms. The lowest BCUT2D eigenvalue weighted by atomic mass is 10.3. The molecular weight excluding hydrogens is 242 g/mol. The van der Waals surface area contributed by atoms with Crippen LogP contribution in [0.5, 0.6) is 0 Å². The van der Waals surface area contributed by atoms with Gasteiger partial charge in [-0.3, -0.25) is 0 Å². The lowest BCUT2D eigenvalue weighted by molar-refractivity contribution is 0.602. The number of nitrogens with one attached hydrogen (secondary N) is 1. The number of rotatable bonds is 2. The zero-order chi connectivity index (χ0) is 10.9. The Kier molecular flexibility index (Phi) is 2.37. The number of nitrogens with zero attached hydrogens (tertiary/aromatic N) is 4. The third-order valence-corrected chi connectivity index (χ3v) is 2.62. The predicted molar refractivity (Wildman–Crippen MR) is 50.4 cm³/mol. The van der Waals surface area contributed by atoms with Crippen molar-refractivity contribution in [3.05, 3.63) is 18.5 Å². The molecule has 2 rings (SSSR count). The zero-order valence-electron chi connectivity index (χ0n) is 7.12. The molecule has 2 aromatic heterocycles. The summed E-state index contributed by atoms with van der Waals surface area (Å²) in [4.78, 5) is 3.70. The van der Waals surface area contributed by atoms with Crippen LogP contribution in [0.15, 0.2) is 23.6 Å². The van der Waals surface area contributed by atoms with Crippen molar-refractivity contribution in [3.8, 4) is 11.4 Å². The van der Waals surface area contributed by atoms with Gasteiger partial charge >= 0.3 is 0 Å². The first-order valence-corrected chi connectivity index (χ1v) is 6.02. The second-order valence-electron chi connectivity index (χ2n) is 2.53. The number of aromatic nitrogens is 5. The molecule has 0 spiro atoms. The maximum absolute atomic E-state index is 10.9. The van der Waals surface area contributed by atoms with E-state index >= 15 is 0 Å². The minimum Gasteiger partial charge on any atom is -0.248 e. The normalized spacial score (nSPS) is 11.5. The van der Waals surface area contributed by atoms with E-state index < -0.39 is 14.2 Å². The summed E-state index contributed by atoms with van der Waals surface area (Å²) in [7, 11) is 1.19. The first-order valence-electron chi connectivity index (χ1n) is 3.71. The van der Waals surface area contributed by atoms with Gasteiger partial charge in [0.05, 0.1) is 12.4 Å². The number of hydrogen-bond acceptors (Lipinski definition) is 6. The smallest absolute Gasteiger partial charge is 0.248 e. The monoisotopic (exact) mass is 245 g/mol. The maximum atomic E-state index is 10.9. The number of halogens is 1. The van der Waals surface area contributed by atoms with Crippen molar-refractivity contribution in [2.45, 2.75) is 5.16 Å². The van der Waals surface area contributed by atoms with Crippen molar-refractivity contribution in [1.82, 2.24) is 25.4 Å². The molecule has 0 aliphatic rings. The average molecular weight is 246 g/mol. The minimum absolute atomic E-state index is 0.198. The largest absolute Gasteiger partial charge is 0.296 e. The Morgan fingerprint density at radius 2 is 2.13 bits per heavy atom. The van der Waals surface area contributed by atoms with Gasteiger partial charge in [0.25, 0.3) is 14.2 Å².